The van der Waals surface area contributed by atoms with Crippen molar-refractivity contribution in [1.29, 1.82) is 0 Å². The molecule has 1 aromatic carbocycles. The average molecular weight is 452 g/mol. The highest BCUT2D eigenvalue weighted by Crippen LogP contribution is 2.37. The highest BCUT2D eigenvalue weighted by molar-refractivity contribution is 7.11. The Hall–Kier alpha value is -2.68. The van der Waals surface area contributed by atoms with Crippen molar-refractivity contribution < 1.29 is 9.59 Å². The van der Waals surface area contributed by atoms with Crippen molar-refractivity contribution in [1.82, 2.24) is 14.7 Å². The van der Waals surface area contributed by atoms with Crippen LogP contribution >= 0.6 is 11.3 Å². The van der Waals surface area contributed by atoms with Gasteiger partial charge in [-0.3, -0.25) is 9.59 Å². The van der Waals surface area contributed by atoms with Crippen molar-refractivity contribution in [2.45, 2.75) is 0 Å². The molecular formula is C24H29N5O2S. The van der Waals surface area contributed by atoms with Crippen LogP contribution in [0.3, 0.4) is 0 Å². The van der Waals surface area contributed by atoms with E-state index in [0.717, 1.165) is 62.9 Å². The van der Waals surface area contributed by atoms with Crippen LogP contribution in [-0.4, -0.2) is 93.0 Å². The zero-order valence-corrected chi connectivity index (χ0v) is 19.5. The van der Waals surface area contributed by atoms with Gasteiger partial charge in [0.25, 0.3) is 11.8 Å². The largest absolute Gasteiger partial charge is 0.369 e. The number of hydrogen-bond donors (Lipinski definition) is 0. The van der Waals surface area contributed by atoms with Crippen LogP contribution < -0.4 is 9.80 Å². The maximum absolute atomic E-state index is 13.6. The van der Waals surface area contributed by atoms with Gasteiger partial charge in [0.05, 0.1) is 11.3 Å². The van der Waals surface area contributed by atoms with Crippen LogP contribution in [0.4, 0.5) is 11.4 Å². The fourth-order valence-corrected chi connectivity index (χ4v) is 5.36. The van der Waals surface area contributed by atoms with Gasteiger partial charge in [0.15, 0.2) is 0 Å². The van der Waals surface area contributed by atoms with E-state index in [9.17, 15) is 9.59 Å². The van der Waals surface area contributed by atoms with Gasteiger partial charge in [0, 0.05) is 62.9 Å². The number of hydrogen-bond acceptors (Lipinski definition) is 7. The number of piperazine rings is 2. The van der Waals surface area contributed by atoms with Gasteiger partial charge in [-0.2, -0.15) is 0 Å². The molecule has 2 aromatic rings. The van der Waals surface area contributed by atoms with E-state index in [1.165, 1.54) is 16.2 Å². The molecule has 8 heteroatoms. The van der Waals surface area contributed by atoms with Gasteiger partial charge in [0.1, 0.15) is 5.70 Å². The Morgan fingerprint density at radius 2 is 1.25 bits per heavy atom. The van der Waals surface area contributed by atoms with E-state index in [2.05, 4.69) is 33.7 Å². The molecule has 168 valence electrons. The second kappa shape index (κ2) is 8.69. The standard InChI is InChI=1S/C24H29N5O2S/c1-25-9-13-27(14-10-25)18-5-7-19(8-6-18)29-23(30)21(20-4-3-17-32-20)22(24(29)31)28-15-11-26(2)12-16-28/h3-8,17H,9-16H2,1-2H3. The van der Waals surface area contributed by atoms with Crippen LogP contribution in [0.1, 0.15) is 4.88 Å². The lowest BCUT2D eigenvalue weighted by atomic mass is 10.1. The van der Waals surface area contributed by atoms with Gasteiger partial charge in [-0.25, -0.2) is 4.90 Å². The van der Waals surface area contributed by atoms with Crippen molar-refractivity contribution in [3.05, 3.63) is 52.4 Å². The van der Waals surface area contributed by atoms with Crippen LogP contribution in [0.2, 0.25) is 0 Å². The smallest absolute Gasteiger partial charge is 0.282 e. The summed E-state index contributed by atoms with van der Waals surface area (Å²) in [6.45, 7) is 7.28. The van der Waals surface area contributed by atoms with Crippen LogP contribution in [0.5, 0.6) is 0 Å². The lowest BCUT2D eigenvalue weighted by Gasteiger charge is -2.34. The van der Waals surface area contributed by atoms with Crippen LogP contribution in [0.15, 0.2) is 47.5 Å². The molecule has 0 N–H and O–H groups in total. The van der Waals surface area contributed by atoms with Crippen molar-refractivity contribution >= 4 is 40.1 Å². The van der Waals surface area contributed by atoms with Gasteiger partial charge in [-0.05, 0) is 49.8 Å². The van der Waals surface area contributed by atoms with E-state index >= 15 is 0 Å². The number of rotatable bonds is 4. The molecule has 0 unspecified atom stereocenters. The highest BCUT2D eigenvalue weighted by Gasteiger charge is 2.43. The number of likely N-dealkylation sites (N-methyl/N-ethyl adjacent to an activating group) is 2. The normalized spacial score (nSPS) is 21.2. The fraction of sp³-hybridized carbons (Fsp3) is 0.417. The monoisotopic (exact) mass is 451 g/mol. The first-order valence-corrected chi connectivity index (χ1v) is 12.0. The summed E-state index contributed by atoms with van der Waals surface area (Å²) in [7, 11) is 4.23. The van der Waals surface area contributed by atoms with Crippen molar-refractivity contribution in [3.8, 4) is 0 Å². The second-order valence-electron chi connectivity index (χ2n) is 8.74. The molecule has 3 aliphatic rings. The molecule has 3 aliphatic heterocycles. The molecule has 1 aromatic heterocycles. The fourth-order valence-electron chi connectivity index (χ4n) is 4.60. The van der Waals surface area contributed by atoms with Gasteiger partial charge < -0.3 is 19.6 Å². The molecule has 0 atom stereocenters. The molecule has 5 rings (SSSR count). The first kappa shape index (κ1) is 21.2. The van der Waals surface area contributed by atoms with E-state index < -0.39 is 0 Å². The summed E-state index contributed by atoms with van der Waals surface area (Å²) in [5.41, 5.74) is 2.86. The SMILES string of the molecule is CN1CCN(C2=C(c3cccs3)C(=O)N(c3ccc(N4CCN(C)CC4)cc3)C2=O)CC1. The van der Waals surface area contributed by atoms with Crippen LogP contribution in [0.25, 0.3) is 5.57 Å². The number of benzene rings is 1. The topological polar surface area (TPSA) is 50.3 Å². The lowest BCUT2D eigenvalue weighted by Crippen LogP contribution is -2.46. The first-order valence-electron chi connectivity index (χ1n) is 11.2. The second-order valence-corrected chi connectivity index (χ2v) is 9.69. The third-order valence-corrected chi connectivity index (χ3v) is 7.51. The summed E-state index contributed by atoms with van der Waals surface area (Å²) in [5.74, 6) is -0.436. The summed E-state index contributed by atoms with van der Waals surface area (Å²) in [4.78, 5) is 38.4. The Labute approximate surface area is 193 Å². The number of nitrogens with zero attached hydrogens (tertiary/aromatic N) is 5. The predicted molar refractivity (Wildman–Crippen MR) is 129 cm³/mol. The van der Waals surface area contributed by atoms with Crippen molar-refractivity contribution in [2.24, 2.45) is 0 Å². The summed E-state index contributed by atoms with van der Waals surface area (Å²) >= 11 is 1.51. The number of carbonyl (C=O) groups is 2. The maximum Gasteiger partial charge on any atom is 0.282 e. The third-order valence-electron chi connectivity index (χ3n) is 6.62. The molecule has 4 heterocycles. The number of carbonyl (C=O) groups excluding carboxylic acids is 2. The highest BCUT2D eigenvalue weighted by atomic mass is 32.1. The summed E-state index contributed by atoms with van der Waals surface area (Å²) in [5, 5.41) is 1.95. The van der Waals surface area contributed by atoms with E-state index in [1.54, 1.807) is 0 Å². The van der Waals surface area contributed by atoms with Crippen molar-refractivity contribution in [3.63, 3.8) is 0 Å². The average Bonchev–Trinajstić information content (AvgIpc) is 3.41. The van der Waals surface area contributed by atoms with Crippen LogP contribution in [-0.2, 0) is 9.59 Å². The van der Waals surface area contributed by atoms with Crippen molar-refractivity contribution in [2.75, 3.05) is 76.3 Å². The maximum atomic E-state index is 13.6. The predicted octanol–water partition coefficient (Wildman–Crippen LogP) is 2.03. The minimum atomic E-state index is -0.223. The van der Waals surface area contributed by atoms with E-state index in [-0.39, 0.29) is 11.8 Å². The molecule has 2 saturated heterocycles. The Morgan fingerprint density at radius 1 is 0.688 bits per heavy atom. The molecule has 0 spiro atoms. The van der Waals surface area contributed by atoms with Crippen LogP contribution in [0, 0.1) is 0 Å². The third kappa shape index (κ3) is 3.83. The van der Waals surface area contributed by atoms with Gasteiger partial charge in [-0.1, -0.05) is 6.07 Å². The summed E-state index contributed by atoms with van der Waals surface area (Å²) in [6.07, 6.45) is 0. The summed E-state index contributed by atoms with van der Waals surface area (Å²) in [6, 6.07) is 11.7. The Balaban J connectivity index is 1.43. The Kier molecular flexibility index (Phi) is 5.75. The van der Waals surface area contributed by atoms with E-state index in [1.807, 2.05) is 41.8 Å². The van der Waals surface area contributed by atoms with E-state index in [4.69, 9.17) is 0 Å². The van der Waals surface area contributed by atoms with Gasteiger partial charge >= 0.3 is 0 Å². The van der Waals surface area contributed by atoms with E-state index in [0.29, 0.717) is 17.0 Å². The molecule has 0 bridgehead atoms. The molecule has 0 saturated carbocycles. The molecule has 2 fully saturated rings. The zero-order chi connectivity index (χ0) is 22.2. The zero-order valence-electron chi connectivity index (χ0n) is 18.7. The minimum Gasteiger partial charge on any atom is -0.369 e. The Morgan fingerprint density at radius 3 is 1.81 bits per heavy atom. The van der Waals surface area contributed by atoms with Gasteiger partial charge in [-0.15, -0.1) is 11.3 Å². The Bertz CT molecular complexity index is 1020. The minimum absolute atomic E-state index is 0.213. The molecular weight excluding hydrogens is 422 g/mol. The molecule has 7 nitrogen and oxygen atoms in total. The first-order chi connectivity index (χ1) is 15.5. The summed E-state index contributed by atoms with van der Waals surface area (Å²) < 4.78 is 0. The number of imide groups is 1. The number of amides is 2. The number of thiophene rings is 1. The number of anilines is 2. The molecule has 0 aliphatic carbocycles. The quantitative estimate of drug-likeness (QED) is 0.663. The molecule has 2 amide bonds. The molecule has 0 radical (unpaired) electrons. The van der Waals surface area contributed by atoms with Gasteiger partial charge in [0.2, 0.25) is 0 Å². The lowest BCUT2D eigenvalue weighted by molar-refractivity contribution is -0.120. The molecule has 32 heavy (non-hydrogen) atoms.